The van der Waals surface area contributed by atoms with Crippen LogP contribution >= 0.6 is 0 Å². The molecule has 6 nitrogen and oxygen atoms in total. The van der Waals surface area contributed by atoms with Crippen LogP contribution in [0.5, 0.6) is 0 Å². The number of carbonyl (C=O) groups is 2. The molecule has 5 fully saturated rings. The number of hydrogen-bond donors (Lipinski definition) is 2. The zero-order valence-electron chi connectivity index (χ0n) is 21.9. The molecule has 0 aromatic heterocycles. The quantitative estimate of drug-likeness (QED) is 0.614. The summed E-state index contributed by atoms with van der Waals surface area (Å²) >= 11 is 0. The molecule has 35 heavy (non-hydrogen) atoms. The lowest BCUT2D eigenvalue weighted by Crippen LogP contribution is -2.51. The Balaban J connectivity index is 1.36. The molecular formula is C29H42O6. The summed E-state index contributed by atoms with van der Waals surface area (Å²) in [5.41, 5.74) is 1.01. The smallest absolute Gasteiger partial charge is 0.160 e. The van der Waals surface area contributed by atoms with E-state index in [9.17, 15) is 19.8 Å². The maximum Gasteiger partial charge on any atom is 0.160 e. The predicted molar refractivity (Wildman–Crippen MR) is 129 cm³/mol. The van der Waals surface area contributed by atoms with Gasteiger partial charge in [0.2, 0.25) is 0 Å². The van der Waals surface area contributed by atoms with Crippen molar-refractivity contribution in [2.24, 2.45) is 40.4 Å². The van der Waals surface area contributed by atoms with Gasteiger partial charge in [0.1, 0.15) is 17.5 Å². The lowest BCUT2D eigenvalue weighted by molar-refractivity contribution is -0.192. The highest BCUT2D eigenvalue weighted by Gasteiger charge is 2.68. The van der Waals surface area contributed by atoms with Crippen molar-refractivity contribution in [1.82, 2.24) is 0 Å². The number of carbonyl (C=O) groups excluding carboxylic acids is 2. The lowest BCUT2D eigenvalue weighted by Gasteiger charge is -2.55. The van der Waals surface area contributed by atoms with Gasteiger partial charge < -0.3 is 19.7 Å². The SMILES string of the molecule is CC(C)[C@@]1(O)[C@@H](C)O[C@@H]2[C@H]([C@H]3CC(=O)C4=C5CC[C@H]6CC(=O)CC[C@]6(C)[C@@H]5CC[C@@]43C)[C@@H](O)O[C@@H]21. The number of ketones is 2. The Morgan fingerprint density at radius 3 is 2.49 bits per heavy atom. The van der Waals surface area contributed by atoms with Crippen LogP contribution in [0.2, 0.25) is 0 Å². The minimum Gasteiger partial charge on any atom is -0.384 e. The second kappa shape index (κ2) is 7.72. The Labute approximate surface area is 208 Å². The molecule has 11 atom stereocenters. The average molecular weight is 487 g/mol. The Hall–Kier alpha value is -1.08. The summed E-state index contributed by atoms with van der Waals surface area (Å²) in [5.74, 6) is 0.964. The fraction of sp³-hybridized carbons (Fsp3) is 0.862. The van der Waals surface area contributed by atoms with Crippen molar-refractivity contribution >= 4 is 11.6 Å². The number of hydrogen-bond acceptors (Lipinski definition) is 6. The molecule has 0 amide bonds. The third-order valence-electron chi connectivity index (χ3n) is 11.8. The molecule has 2 saturated heterocycles. The Morgan fingerprint density at radius 2 is 1.77 bits per heavy atom. The number of rotatable bonds is 2. The number of allylic oxidation sites excluding steroid dienone is 2. The van der Waals surface area contributed by atoms with Gasteiger partial charge in [-0.25, -0.2) is 0 Å². The highest BCUT2D eigenvalue weighted by molar-refractivity contribution is 6.00. The fourth-order valence-electron chi connectivity index (χ4n) is 9.73. The van der Waals surface area contributed by atoms with Crippen LogP contribution in [-0.2, 0) is 19.1 Å². The zero-order chi connectivity index (χ0) is 25.1. The number of aliphatic hydroxyl groups excluding tert-OH is 1. The molecule has 0 radical (unpaired) electrons. The summed E-state index contributed by atoms with van der Waals surface area (Å²) in [7, 11) is 0. The van der Waals surface area contributed by atoms with Crippen molar-refractivity contribution in [3.05, 3.63) is 11.1 Å². The van der Waals surface area contributed by atoms with Gasteiger partial charge in [0, 0.05) is 30.8 Å². The van der Waals surface area contributed by atoms with Gasteiger partial charge in [-0.15, -0.1) is 0 Å². The molecule has 0 unspecified atom stereocenters. The van der Waals surface area contributed by atoms with E-state index in [1.54, 1.807) is 0 Å². The topological polar surface area (TPSA) is 93.1 Å². The molecule has 0 bridgehead atoms. The van der Waals surface area contributed by atoms with Crippen molar-refractivity contribution < 1.29 is 29.3 Å². The summed E-state index contributed by atoms with van der Waals surface area (Å²) in [6, 6.07) is 0. The number of fused-ring (bicyclic) bond motifs is 5. The predicted octanol–water partition coefficient (Wildman–Crippen LogP) is 3.97. The van der Waals surface area contributed by atoms with Gasteiger partial charge in [0.25, 0.3) is 0 Å². The molecule has 0 aromatic carbocycles. The first-order valence-electron chi connectivity index (χ1n) is 13.9. The van der Waals surface area contributed by atoms with E-state index in [0.717, 1.165) is 37.7 Å². The maximum absolute atomic E-state index is 13.7. The van der Waals surface area contributed by atoms with E-state index in [2.05, 4.69) is 13.8 Å². The molecule has 3 saturated carbocycles. The summed E-state index contributed by atoms with van der Waals surface area (Å²) in [5, 5.41) is 22.6. The van der Waals surface area contributed by atoms with E-state index < -0.39 is 30.2 Å². The Kier molecular flexibility index (Phi) is 5.35. The van der Waals surface area contributed by atoms with Crippen LogP contribution in [0.4, 0.5) is 0 Å². The van der Waals surface area contributed by atoms with Crippen molar-refractivity contribution in [2.75, 3.05) is 0 Å². The highest BCUT2D eigenvalue weighted by Crippen LogP contribution is 2.66. The van der Waals surface area contributed by atoms with Crippen molar-refractivity contribution in [1.29, 1.82) is 0 Å². The second-order valence-electron chi connectivity index (χ2n) is 13.4. The van der Waals surface area contributed by atoms with Crippen molar-refractivity contribution in [3.63, 3.8) is 0 Å². The first-order valence-corrected chi connectivity index (χ1v) is 13.9. The van der Waals surface area contributed by atoms with Gasteiger partial charge in [-0.2, -0.15) is 0 Å². The molecule has 2 N–H and O–H groups in total. The molecule has 2 aliphatic heterocycles. The van der Waals surface area contributed by atoms with Crippen molar-refractivity contribution in [2.45, 2.75) is 116 Å². The van der Waals surface area contributed by atoms with Gasteiger partial charge in [0.15, 0.2) is 12.1 Å². The minimum absolute atomic E-state index is 0.0661. The largest absolute Gasteiger partial charge is 0.384 e. The molecule has 6 rings (SSSR count). The van der Waals surface area contributed by atoms with Gasteiger partial charge in [-0.3, -0.25) is 9.59 Å². The molecule has 0 spiro atoms. The fourth-order valence-corrected chi connectivity index (χ4v) is 9.73. The summed E-state index contributed by atoms with van der Waals surface area (Å²) in [4.78, 5) is 25.9. The maximum atomic E-state index is 13.7. The monoisotopic (exact) mass is 486 g/mol. The van der Waals surface area contributed by atoms with Crippen LogP contribution in [0.1, 0.15) is 86.0 Å². The van der Waals surface area contributed by atoms with E-state index in [1.807, 2.05) is 20.8 Å². The third kappa shape index (κ3) is 3.03. The van der Waals surface area contributed by atoms with Crippen LogP contribution in [0, 0.1) is 40.4 Å². The van der Waals surface area contributed by atoms with Crippen LogP contribution in [-0.4, -0.2) is 52.0 Å². The van der Waals surface area contributed by atoms with E-state index >= 15 is 0 Å². The molecule has 4 aliphatic carbocycles. The number of ether oxygens (including phenoxy) is 2. The molecular weight excluding hydrogens is 444 g/mol. The van der Waals surface area contributed by atoms with Gasteiger partial charge in [0.05, 0.1) is 12.2 Å². The van der Waals surface area contributed by atoms with Crippen LogP contribution in [0.25, 0.3) is 0 Å². The van der Waals surface area contributed by atoms with E-state index in [4.69, 9.17) is 9.47 Å². The molecule has 194 valence electrons. The summed E-state index contributed by atoms with van der Waals surface area (Å²) < 4.78 is 12.4. The van der Waals surface area contributed by atoms with E-state index in [-0.39, 0.29) is 34.4 Å². The first kappa shape index (κ1) is 24.3. The van der Waals surface area contributed by atoms with E-state index in [0.29, 0.717) is 36.9 Å². The minimum atomic E-state index is -1.16. The molecule has 6 aliphatic rings. The van der Waals surface area contributed by atoms with Crippen LogP contribution in [0.15, 0.2) is 11.1 Å². The average Bonchev–Trinajstić information content (AvgIpc) is 3.34. The normalized spacial score (nSPS) is 53.6. The third-order valence-corrected chi connectivity index (χ3v) is 11.8. The first-order chi connectivity index (χ1) is 16.4. The lowest BCUT2D eigenvalue weighted by atomic mass is 9.49. The number of Topliss-reactive ketones (excluding diaryl/α,β-unsaturated/α-hetero) is 2. The number of aliphatic hydroxyl groups is 2. The van der Waals surface area contributed by atoms with Crippen LogP contribution < -0.4 is 0 Å². The Morgan fingerprint density at radius 1 is 1.03 bits per heavy atom. The van der Waals surface area contributed by atoms with Crippen molar-refractivity contribution in [3.8, 4) is 0 Å². The summed E-state index contributed by atoms with van der Waals surface area (Å²) in [6.45, 7) is 10.4. The van der Waals surface area contributed by atoms with Gasteiger partial charge in [-0.05, 0) is 73.5 Å². The van der Waals surface area contributed by atoms with Crippen LogP contribution in [0.3, 0.4) is 0 Å². The van der Waals surface area contributed by atoms with E-state index in [1.165, 1.54) is 5.57 Å². The molecule has 6 heteroatoms. The summed E-state index contributed by atoms with van der Waals surface area (Å²) in [6.07, 6.45) is 4.13. The molecule has 0 aromatic rings. The van der Waals surface area contributed by atoms with Gasteiger partial charge in [-0.1, -0.05) is 33.3 Å². The Bertz CT molecular complexity index is 986. The molecule has 2 heterocycles. The van der Waals surface area contributed by atoms with Gasteiger partial charge >= 0.3 is 0 Å². The zero-order valence-corrected chi connectivity index (χ0v) is 21.9. The standard InChI is InChI=1S/C29H42O6/c1-14(2)29(33)15(3)34-24-22(26(32)35-25(24)29)20-13-21(31)23-18-7-6-16-12-17(30)8-10-27(16,4)19(18)9-11-28(20,23)5/h14-16,19-20,22,24-26,32-33H,6-13H2,1-5H3/t15-,16+,19-,20-,22+,24-,25+,26+,27+,28-,29-/m1/s1. The second-order valence-corrected chi connectivity index (χ2v) is 13.4. The highest BCUT2D eigenvalue weighted by atomic mass is 16.7.